The van der Waals surface area contributed by atoms with E-state index in [0.717, 1.165) is 66.8 Å². The van der Waals surface area contributed by atoms with E-state index in [0.29, 0.717) is 17.2 Å². The van der Waals surface area contributed by atoms with Gasteiger partial charge in [-0.15, -0.1) is 4.98 Å². The van der Waals surface area contributed by atoms with Gasteiger partial charge in [-0.3, -0.25) is 0 Å². The number of hydrogen-bond donors (Lipinski definition) is 0. The summed E-state index contributed by atoms with van der Waals surface area (Å²) < 4.78 is 0. The Hall–Kier alpha value is -7.20. The van der Waals surface area contributed by atoms with E-state index in [4.69, 9.17) is 6.57 Å². The molecule has 7 rings (SSSR count). The summed E-state index contributed by atoms with van der Waals surface area (Å²) in [6, 6.07) is 47.0. The minimum absolute atomic E-state index is 0.370. The van der Waals surface area contributed by atoms with E-state index in [1.54, 1.807) is 36.8 Å². The lowest BCUT2D eigenvalue weighted by atomic mass is 9.91. The molecule has 0 radical (unpaired) electrons. The number of benzene rings is 4. The van der Waals surface area contributed by atoms with E-state index in [1.165, 1.54) is 0 Å². The van der Waals surface area contributed by atoms with Crippen molar-refractivity contribution in [1.82, 2.24) is 15.0 Å². The minimum Gasteiger partial charge on any atom is -0.361 e. The third-order valence-corrected chi connectivity index (χ3v) is 8.20. The minimum atomic E-state index is 0.370. The first kappa shape index (κ1) is 29.5. The first-order valence-electron chi connectivity index (χ1n) is 15.1. The van der Waals surface area contributed by atoms with Crippen LogP contribution in [0.4, 0.5) is 5.82 Å². The lowest BCUT2D eigenvalue weighted by Gasteiger charge is -2.13. The highest BCUT2D eigenvalue weighted by Crippen LogP contribution is 2.35. The van der Waals surface area contributed by atoms with Gasteiger partial charge in [-0.2, -0.15) is 10.5 Å². The number of nitrogens with zero attached hydrogens (tertiary/aromatic N) is 6. The number of pyridine rings is 3. The lowest BCUT2D eigenvalue weighted by molar-refractivity contribution is 1.26. The smallest absolute Gasteiger partial charge is 0.270 e. The van der Waals surface area contributed by atoms with Gasteiger partial charge in [0.2, 0.25) is 0 Å². The van der Waals surface area contributed by atoms with Gasteiger partial charge >= 0.3 is 0 Å². The molecule has 0 aliphatic rings. The van der Waals surface area contributed by atoms with Gasteiger partial charge in [0.05, 0.1) is 0 Å². The molecular weight excluding hydrogens is 589 g/mol. The molecule has 0 aliphatic carbocycles. The second kappa shape index (κ2) is 13.0. The molecular formula is C42H24N6. The van der Waals surface area contributed by atoms with Crippen molar-refractivity contribution in [3.63, 3.8) is 0 Å². The Balaban J connectivity index is 1.28. The van der Waals surface area contributed by atoms with Crippen LogP contribution in [0.3, 0.4) is 0 Å². The zero-order valence-electron chi connectivity index (χ0n) is 25.5. The monoisotopic (exact) mass is 612 g/mol. The normalized spacial score (nSPS) is 10.4. The summed E-state index contributed by atoms with van der Waals surface area (Å²) in [5.74, 6) is 0.370. The van der Waals surface area contributed by atoms with Crippen LogP contribution in [-0.4, -0.2) is 15.0 Å². The average molecular weight is 613 g/mol. The Kier molecular flexibility index (Phi) is 8.01. The van der Waals surface area contributed by atoms with Gasteiger partial charge in [0.25, 0.3) is 5.82 Å². The van der Waals surface area contributed by atoms with E-state index >= 15 is 0 Å². The molecule has 6 nitrogen and oxygen atoms in total. The van der Waals surface area contributed by atoms with Crippen LogP contribution in [0.2, 0.25) is 0 Å². The summed E-state index contributed by atoms with van der Waals surface area (Å²) in [5.41, 5.74) is 13.0. The highest BCUT2D eigenvalue weighted by atomic mass is 14.8. The maximum Gasteiger partial charge on any atom is 0.270 e. The summed E-state index contributed by atoms with van der Waals surface area (Å²) in [4.78, 5) is 15.8. The van der Waals surface area contributed by atoms with Crippen LogP contribution in [0.5, 0.6) is 0 Å². The molecule has 3 heterocycles. The maximum absolute atomic E-state index is 9.29. The molecule has 0 bridgehead atoms. The molecule has 6 heteroatoms. The summed E-state index contributed by atoms with van der Waals surface area (Å²) in [6.45, 7) is 7.31. The van der Waals surface area contributed by atoms with Gasteiger partial charge in [-0.05, 0) is 121 Å². The molecule has 0 N–H and O–H groups in total. The van der Waals surface area contributed by atoms with Gasteiger partial charge in [-0.1, -0.05) is 79.4 Å². The predicted molar refractivity (Wildman–Crippen MR) is 188 cm³/mol. The quantitative estimate of drug-likeness (QED) is 0.174. The summed E-state index contributed by atoms with van der Waals surface area (Å²) >= 11 is 0. The average Bonchev–Trinajstić information content (AvgIpc) is 3.18. The van der Waals surface area contributed by atoms with E-state index in [9.17, 15) is 10.5 Å². The highest BCUT2D eigenvalue weighted by Gasteiger charge is 2.10. The Bertz CT molecular complexity index is 2120. The van der Waals surface area contributed by atoms with Crippen molar-refractivity contribution in [2.75, 3.05) is 0 Å². The maximum atomic E-state index is 9.29. The number of hydrogen-bond acceptors (Lipinski definition) is 5. The predicted octanol–water partition coefficient (Wildman–Crippen LogP) is 10.2. The molecule has 4 aromatic carbocycles. The second-order valence-corrected chi connectivity index (χ2v) is 11.1. The molecule has 7 aromatic rings. The van der Waals surface area contributed by atoms with E-state index < -0.39 is 0 Å². The van der Waals surface area contributed by atoms with Crippen molar-refractivity contribution in [2.45, 2.75) is 0 Å². The fourth-order valence-electron chi connectivity index (χ4n) is 5.69. The SMILES string of the molecule is [C-]#[N+]c1cc(-c2ccc(-c3cc(-c4ccc(-c5ccnc(C#N)c5)cc4)cc(-c4ccc(-c5ccnc(C#N)c5)cc4)c3)cc2)ccn1. The first-order valence-corrected chi connectivity index (χ1v) is 15.1. The molecule has 3 aromatic heterocycles. The molecule has 222 valence electrons. The number of rotatable bonds is 6. The standard InChI is InChI=1S/C42H24N6/c1-45-42-25-36(16-19-48-42)30-6-12-33(13-7-30)39-21-37(31-8-2-28(3-9-31)34-14-17-46-40(23-34)26-43)20-38(22-39)32-10-4-29(5-11-32)35-15-18-47-41(24-35)27-44/h2-25H. The fourth-order valence-corrected chi connectivity index (χ4v) is 5.69. The van der Waals surface area contributed by atoms with Crippen molar-refractivity contribution in [1.29, 1.82) is 10.5 Å². The van der Waals surface area contributed by atoms with Crippen molar-refractivity contribution < 1.29 is 0 Å². The highest BCUT2D eigenvalue weighted by molar-refractivity contribution is 5.83. The zero-order chi connectivity index (χ0) is 32.9. The van der Waals surface area contributed by atoms with Crippen molar-refractivity contribution in [3.05, 3.63) is 169 Å². The van der Waals surface area contributed by atoms with E-state index in [2.05, 4.69) is 123 Å². The largest absolute Gasteiger partial charge is 0.361 e. The molecule has 0 spiro atoms. The molecule has 0 saturated heterocycles. The second-order valence-electron chi connectivity index (χ2n) is 11.1. The summed E-state index contributed by atoms with van der Waals surface area (Å²) in [7, 11) is 0. The Morgan fingerprint density at radius 2 is 0.688 bits per heavy atom. The van der Waals surface area contributed by atoms with Gasteiger partial charge in [-0.25, -0.2) is 9.97 Å². The third-order valence-electron chi connectivity index (χ3n) is 8.20. The topological polar surface area (TPSA) is 90.6 Å². The number of aromatic nitrogens is 3. The van der Waals surface area contributed by atoms with Crippen molar-refractivity contribution >= 4 is 5.82 Å². The first-order chi connectivity index (χ1) is 23.6. The fraction of sp³-hybridized carbons (Fsp3) is 0. The van der Waals surface area contributed by atoms with Crippen LogP contribution in [0.1, 0.15) is 11.4 Å². The van der Waals surface area contributed by atoms with Crippen LogP contribution < -0.4 is 0 Å². The lowest BCUT2D eigenvalue weighted by Crippen LogP contribution is -1.88. The van der Waals surface area contributed by atoms with Gasteiger partial charge in [0.1, 0.15) is 29.7 Å². The third kappa shape index (κ3) is 6.17. The van der Waals surface area contributed by atoms with Gasteiger partial charge < -0.3 is 4.85 Å². The summed E-state index contributed by atoms with van der Waals surface area (Å²) in [5, 5.41) is 18.6. The molecule has 0 aliphatic heterocycles. The van der Waals surface area contributed by atoms with Crippen LogP contribution in [0.25, 0.3) is 71.6 Å². The van der Waals surface area contributed by atoms with E-state index in [1.807, 2.05) is 18.2 Å². The molecule has 0 atom stereocenters. The molecule has 48 heavy (non-hydrogen) atoms. The Labute approximate surface area is 278 Å². The zero-order valence-corrected chi connectivity index (χ0v) is 25.5. The molecule has 0 amide bonds. The van der Waals surface area contributed by atoms with Crippen LogP contribution in [0.15, 0.2) is 146 Å². The van der Waals surface area contributed by atoms with Gasteiger partial charge in [0.15, 0.2) is 0 Å². The Morgan fingerprint density at radius 1 is 0.375 bits per heavy atom. The van der Waals surface area contributed by atoms with Gasteiger partial charge in [0, 0.05) is 12.4 Å². The summed E-state index contributed by atoms with van der Waals surface area (Å²) in [6.07, 6.45) is 4.98. The van der Waals surface area contributed by atoms with Crippen molar-refractivity contribution in [3.8, 4) is 78.9 Å². The van der Waals surface area contributed by atoms with Crippen molar-refractivity contribution in [2.24, 2.45) is 0 Å². The van der Waals surface area contributed by atoms with Crippen LogP contribution in [-0.2, 0) is 0 Å². The van der Waals surface area contributed by atoms with E-state index in [-0.39, 0.29) is 0 Å². The molecule has 0 unspecified atom stereocenters. The Morgan fingerprint density at radius 3 is 1.02 bits per heavy atom. The molecule has 0 fully saturated rings. The number of nitriles is 2. The van der Waals surface area contributed by atoms with Crippen LogP contribution in [0, 0.1) is 29.2 Å². The van der Waals surface area contributed by atoms with Crippen LogP contribution >= 0.6 is 0 Å². The molecule has 0 saturated carbocycles.